The predicted molar refractivity (Wildman–Crippen MR) is 99.0 cm³/mol. The van der Waals surface area contributed by atoms with Gasteiger partial charge in [0, 0.05) is 0 Å². The molecular formula is C19H19GeN3. The molecule has 0 saturated carbocycles. The molecule has 0 saturated heterocycles. The number of aromatic nitrogens is 2. The Morgan fingerprint density at radius 1 is 1.00 bits per heavy atom. The fourth-order valence-electron chi connectivity index (χ4n) is 3.00. The van der Waals surface area contributed by atoms with Gasteiger partial charge in [0.2, 0.25) is 0 Å². The van der Waals surface area contributed by atoms with E-state index in [1.807, 2.05) is 18.2 Å². The number of benzene rings is 2. The average Bonchev–Trinajstić information content (AvgIpc) is 2.52. The zero-order valence-electron chi connectivity index (χ0n) is 13.9. The van der Waals surface area contributed by atoms with Crippen molar-refractivity contribution in [1.82, 2.24) is 9.97 Å². The van der Waals surface area contributed by atoms with Crippen molar-refractivity contribution in [3.05, 3.63) is 59.7 Å². The van der Waals surface area contributed by atoms with Crippen LogP contribution in [-0.2, 0) is 0 Å². The molecule has 4 heteroatoms. The number of hydrogen-bond donors (Lipinski definition) is 0. The topological polar surface area (TPSA) is 30.1 Å². The third-order valence-corrected chi connectivity index (χ3v) is 8.62. The quantitative estimate of drug-likeness (QED) is 0.489. The summed E-state index contributed by atoms with van der Waals surface area (Å²) in [5.41, 5.74) is 4.82. The van der Waals surface area contributed by atoms with Gasteiger partial charge in [-0.1, -0.05) is 0 Å². The Bertz CT molecular complexity index is 933. The molecule has 0 N–H and O–H groups in total. The summed E-state index contributed by atoms with van der Waals surface area (Å²) in [7, 11) is 0. The van der Waals surface area contributed by atoms with Crippen molar-refractivity contribution in [3.8, 4) is 11.3 Å². The van der Waals surface area contributed by atoms with Gasteiger partial charge in [-0.2, -0.15) is 0 Å². The predicted octanol–water partition coefficient (Wildman–Crippen LogP) is 4.70. The minimum atomic E-state index is -1.84. The van der Waals surface area contributed by atoms with E-state index < -0.39 is 13.3 Å². The molecule has 3 nitrogen and oxygen atoms in total. The van der Waals surface area contributed by atoms with Crippen LogP contribution in [0.25, 0.3) is 27.0 Å². The van der Waals surface area contributed by atoms with Crippen LogP contribution in [0, 0.1) is 13.5 Å². The Morgan fingerprint density at radius 3 is 2.43 bits per heavy atom. The van der Waals surface area contributed by atoms with Gasteiger partial charge in [-0.3, -0.25) is 0 Å². The maximum atomic E-state index is 7.13. The van der Waals surface area contributed by atoms with Gasteiger partial charge in [0.25, 0.3) is 0 Å². The van der Waals surface area contributed by atoms with E-state index in [1.165, 1.54) is 9.96 Å². The number of rotatable bonds is 2. The van der Waals surface area contributed by atoms with Gasteiger partial charge in [-0.25, -0.2) is 0 Å². The summed E-state index contributed by atoms with van der Waals surface area (Å²) in [5, 5.41) is 0.990. The molecule has 3 rings (SSSR count). The van der Waals surface area contributed by atoms with Crippen molar-refractivity contribution >= 4 is 34.3 Å². The van der Waals surface area contributed by atoms with E-state index >= 15 is 0 Å². The summed E-state index contributed by atoms with van der Waals surface area (Å²) in [6.45, 7) is 9.32. The molecule has 0 atom stereocenters. The summed E-state index contributed by atoms with van der Waals surface area (Å²) in [6, 6.07) is 12.3. The molecule has 114 valence electrons. The first-order chi connectivity index (χ1) is 10.9. The fraction of sp³-hybridized carbons (Fsp3) is 0.211. The van der Waals surface area contributed by atoms with Crippen molar-refractivity contribution in [2.24, 2.45) is 0 Å². The van der Waals surface area contributed by atoms with E-state index in [1.54, 1.807) is 6.33 Å². The molecule has 1 heterocycles. The summed E-state index contributed by atoms with van der Waals surface area (Å²) < 4.78 is 1.53. The molecule has 0 spiro atoms. The van der Waals surface area contributed by atoms with Crippen LogP contribution in [0.1, 0.15) is 5.56 Å². The van der Waals surface area contributed by atoms with Crippen molar-refractivity contribution in [2.75, 3.05) is 0 Å². The number of hydrogen-bond acceptors (Lipinski definition) is 2. The van der Waals surface area contributed by atoms with E-state index in [-0.39, 0.29) is 0 Å². The van der Waals surface area contributed by atoms with Crippen LogP contribution in [0.2, 0.25) is 17.3 Å². The molecule has 3 aromatic rings. The first kappa shape index (κ1) is 15.7. The van der Waals surface area contributed by atoms with Crippen LogP contribution in [0.4, 0.5) is 5.69 Å². The van der Waals surface area contributed by atoms with Gasteiger partial charge in [-0.15, -0.1) is 0 Å². The molecule has 2 aromatic carbocycles. The van der Waals surface area contributed by atoms with E-state index in [0.29, 0.717) is 5.69 Å². The van der Waals surface area contributed by atoms with Crippen molar-refractivity contribution in [3.63, 3.8) is 0 Å². The van der Waals surface area contributed by atoms with Crippen LogP contribution in [-0.4, -0.2) is 23.2 Å². The van der Waals surface area contributed by atoms with E-state index in [4.69, 9.17) is 6.57 Å². The second-order valence-electron chi connectivity index (χ2n) is 6.82. The van der Waals surface area contributed by atoms with Crippen molar-refractivity contribution in [2.45, 2.75) is 24.2 Å². The van der Waals surface area contributed by atoms with Gasteiger partial charge < -0.3 is 0 Å². The van der Waals surface area contributed by atoms with Gasteiger partial charge in [-0.05, 0) is 0 Å². The van der Waals surface area contributed by atoms with Gasteiger partial charge in [0.05, 0.1) is 0 Å². The molecule has 0 radical (unpaired) electrons. The molecule has 1 aromatic heterocycles. The first-order valence-corrected chi connectivity index (χ1v) is 15.0. The second kappa shape index (κ2) is 5.79. The molecule has 0 aliphatic rings. The van der Waals surface area contributed by atoms with Crippen molar-refractivity contribution in [1.29, 1.82) is 0 Å². The molecule has 0 fully saturated rings. The summed E-state index contributed by atoms with van der Waals surface area (Å²) >= 11 is -1.84. The molecule has 0 aliphatic carbocycles. The van der Waals surface area contributed by atoms with Crippen LogP contribution >= 0.6 is 0 Å². The molecular weight excluding hydrogens is 343 g/mol. The number of aryl methyl sites for hydroxylation is 1. The molecule has 0 bridgehead atoms. The maximum absolute atomic E-state index is 7.13. The first-order valence-electron chi connectivity index (χ1n) is 7.64. The molecule has 0 aliphatic heterocycles. The van der Waals surface area contributed by atoms with Crippen LogP contribution in [0.5, 0.6) is 0 Å². The number of fused-ring (bicyclic) bond motifs is 1. The Hall–Kier alpha value is -2.19. The van der Waals surface area contributed by atoms with Crippen LogP contribution in [0.3, 0.4) is 0 Å². The molecule has 0 unspecified atom stereocenters. The second-order valence-corrected chi connectivity index (χ2v) is 17.4. The minimum absolute atomic E-state index is 0.606. The monoisotopic (exact) mass is 363 g/mol. The Balaban J connectivity index is 2.18. The summed E-state index contributed by atoms with van der Waals surface area (Å²) in [5.74, 6) is 7.23. The third kappa shape index (κ3) is 3.00. The average molecular weight is 362 g/mol. The van der Waals surface area contributed by atoms with E-state index in [9.17, 15) is 0 Å². The normalized spacial score (nSPS) is 11.4. The van der Waals surface area contributed by atoms with Crippen LogP contribution < -0.4 is 4.40 Å². The molecule has 0 amide bonds. The van der Waals surface area contributed by atoms with E-state index in [0.717, 1.165) is 22.2 Å². The summed E-state index contributed by atoms with van der Waals surface area (Å²) in [4.78, 5) is 12.3. The zero-order chi connectivity index (χ0) is 16.6. The SMILES string of the molecule is [C-]#[N+]c1ccc2c(-c3cc[c]([Ge]([CH3])([CH3])[CH3])c(C)c3)ncnc2c1. The van der Waals surface area contributed by atoms with Gasteiger partial charge in [0.15, 0.2) is 0 Å². The standard InChI is InChI=1S/C19H19GeN3/c1-13-10-14(6-9-17(13)20(2,3)4)19-16-8-7-15(21-5)11-18(16)22-12-23-19/h6-12H,1-4H3. The van der Waals surface area contributed by atoms with Gasteiger partial charge >= 0.3 is 139 Å². The fourth-order valence-corrected chi connectivity index (χ4v) is 6.85. The Kier molecular flexibility index (Phi) is 3.95. The number of nitrogens with zero attached hydrogens (tertiary/aromatic N) is 3. The van der Waals surface area contributed by atoms with E-state index in [2.05, 4.69) is 57.2 Å². The Morgan fingerprint density at radius 2 is 1.78 bits per heavy atom. The summed E-state index contributed by atoms with van der Waals surface area (Å²) in [6.07, 6.45) is 1.58. The van der Waals surface area contributed by atoms with Crippen molar-refractivity contribution < 1.29 is 0 Å². The zero-order valence-corrected chi connectivity index (χ0v) is 16.0. The van der Waals surface area contributed by atoms with Gasteiger partial charge in [0.1, 0.15) is 0 Å². The molecule has 23 heavy (non-hydrogen) atoms. The third-order valence-electron chi connectivity index (χ3n) is 4.06. The van der Waals surface area contributed by atoms with Crippen LogP contribution in [0.15, 0.2) is 42.7 Å². The Labute approximate surface area is 139 Å².